The number of hydrogen-bond acceptors (Lipinski definition) is 3. The second-order valence-corrected chi connectivity index (χ2v) is 5.33. The first-order chi connectivity index (χ1) is 10.3. The zero-order valence-corrected chi connectivity index (χ0v) is 12.3. The molecular formula is C16H22N4O. The molecule has 0 unspecified atom stereocenters. The number of nitriles is 1. The summed E-state index contributed by atoms with van der Waals surface area (Å²) in [5.41, 5.74) is 1.28. The molecule has 1 fully saturated rings. The number of nitrogens with one attached hydrogen (secondary N) is 2. The van der Waals surface area contributed by atoms with Gasteiger partial charge >= 0.3 is 6.03 Å². The third kappa shape index (κ3) is 5.44. The molecule has 2 rings (SSSR count). The Morgan fingerprint density at radius 3 is 2.57 bits per heavy atom. The Morgan fingerprint density at radius 2 is 1.90 bits per heavy atom. The molecule has 112 valence electrons. The van der Waals surface area contributed by atoms with E-state index in [1.165, 1.54) is 32.4 Å². The van der Waals surface area contributed by atoms with Gasteiger partial charge in [-0.1, -0.05) is 6.42 Å². The van der Waals surface area contributed by atoms with Crippen LogP contribution in [0, 0.1) is 11.3 Å². The molecule has 0 saturated carbocycles. The predicted octanol–water partition coefficient (Wildman–Crippen LogP) is 2.56. The fourth-order valence-electron chi connectivity index (χ4n) is 2.49. The first-order valence-corrected chi connectivity index (χ1v) is 7.55. The molecule has 2 amide bonds. The van der Waals surface area contributed by atoms with Crippen LogP contribution >= 0.6 is 0 Å². The Kier molecular flexibility index (Phi) is 6.04. The van der Waals surface area contributed by atoms with Gasteiger partial charge in [0.2, 0.25) is 0 Å². The fraction of sp³-hybridized carbons (Fsp3) is 0.500. The summed E-state index contributed by atoms with van der Waals surface area (Å²) < 4.78 is 0. The smallest absolute Gasteiger partial charge is 0.319 e. The lowest BCUT2D eigenvalue weighted by atomic mass is 10.1. The van der Waals surface area contributed by atoms with Crippen LogP contribution in [0.5, 0.6) is 0 Å². The average molecular weight is 286 g/mol. The zero-order valence-electron chi connectivity index (χ0n) is 12.3. The standard InChI is InChI=1S/C16H22N4O/c17-13-14-5-7-15(8-6-14)19-16(21)18-9-4-12-20-10-2-1-3-11-20/h5-8H,1-4,9-12H2,(H2,18,19,21). The van der Waals surface area contributed by atoms with E-state index >= 15 is 0 Å². The maximum absolute atomic E-state index is 11.7. The SMILES string of the molecule is N#Cc1ccc(NC(=O)NCCCN2CCCCC2)cc1. The van der Waals surface area contributed by atoms with Crippen molar-refractivity contribution in [2.75, 3.05) is 31.5 Å². The van der Waals surface area contributed by atoms with Gasteiger partial charge in [-0.15, -0.1) is 0 Å². The lowest BCUT2D eigenvalue weighted by Crippen LogP contribution is -2.34. The third-order valence-corrected chi connectivity index (χ3v) is 3.66. The number of anilines is 1. The number of urea groups is 1. The molecule has 1 aliphatic rings. The van der Waals surface area contributed by atoms with Crippen LogP contribution < -0.4 is 10.6 Å². The van der Waals surface area contributed by atoms with Crippen molar-refractivity contribution in [3.05, 3.63) is 29.8 Å². The van der Waals surface area contributed by atoms with Gasteiger partial charge in [0.25, 0.3) is 0 Å². The molecule has 5 heteroatoms. The lowest BCUT2D eigenvalue weighted by molar-refractivity contribution is 0.224. The second-order valence-electron chi connectivity index (χ2n) is 5.33. The third-order valence-electron chi connectivity index (χ3n) is 3.66. The van der Waals surface area contributed by atoms with Crippen molar-refractivity contribution in [1.82, 2.24) is 10.2 Å². The molecular weight excluding hydrogens is 264 g/mol. The van der Waals surface area contributed by atoms with Crippen LogP contribution in [0.4, 0.5) is 10.5 Å². The Balaban J connectivity index is 1.61. The van der Waals surface area contributed by atoms with E-state index in [1.807, 2.05) is 6.07 Å². The van der Waals surface area contributed by atoms with Gasteiger partial charge in [0.05, 0.1) is 11.6 Å². The normalized spacial score (nSPS) is 15.2. The lowest BCUT2D eigenvalue weighted by Gasteiger charge is -2.26. The molecule has 1 aromatic rings. The first-order valence-electron chi connectivity index (χ1n) is 7.55. The summed E-state index contributed by atoms with van der Waals surface area (Å²) in [6, 6.07) is 8.68. The average Bonchev–Trinajstić information content (AvgIpc) is 2.53. The predicted molar refractivity (Wildman–Crippen MR) is 83.1 cm³/mol. The molecule has 0 radical (unpaired) electrons. The number of piperidine rings is 1. The van der Waals surface area contributed by atoms with E-state index in [-0.39, 0.29) is 6.03 Å². The highest BCUT2D eigenvalue weighted by Gasteiger charge is 2.09. The van der Waals surface area contributed by atoms with Crippen LogP contribution in [0.3, 0.4) is 0 Å². The van der Waals surface area contributed by atoms with E-state index in [0.717, 1.165) is 13.0 Å². The van der Waals surface area contributed by atoms with Crippen LogP contribution in [0.15, 0.2) is 24.3 Å². The molecule has 0 aliphatic carbocycles. The summed E-state index contributed by atoms with van der Waals surface area (Å²) in [4.78, 5) is 14.2. The van der Waals surface area contributed by atoms with Crippen LogP contribution in [0.1, 0.15) is 31.2 Å². The van der Waals surface area contributed by atoms with Crippen LogP contribution in [-0.2, 0) is 0 Å². The number of carbonyl (C=O) groups is 1. The number of carbonyl (C=O) groups excluding carboxylic acids is 1. The Labute approximate surface area is 125 Å². The molecule has 0 atom stereocenters. The number of nitrogens with zero attached hydrogens (tertiary/aromatic N) is 2. The molecule has 2 N–H and O–H groups in total. The van der Waals surface area contributed by atoms with Gasteiger partial charge in [-0.3, -0.25) is 0 Å². The van der Waals surface area contributed by atoms with Crippen LogP contribution in [-0.4, -0.2) is 37.1 Å². The van der Waals surface area contributed by atoms with Crippen molar-refractivity contribution in [2.45, 2.75) is 25.7 Å². The van der Waals surface area contributed by atoms with Crippen LogP contribution in [0.2, 0.25) is 0 Å². The first kappa shape index (κ1) is 15.3. The van der Waals surface area contributed by atoms with Gasteiger partial charge in [0.15, 0.2) is 0 Å². The number of hydrogen-bond donors (Lipinski definition) is 2. The Morgan fingerprint density at radius 1 is 1.19 bits per heavy atom. The van der Waals surface area contributed by atoms with Crippen molar-refractivity contribution in [3.63, 3.8) is 0 Å². The van der Waals surface area contributed by atoms with Gasteiger partial charge in [-0.2, -0.15) is 5.26 Å². The number of rotatable bonds is 5. The highest BCUT2D eigenvalue weighted by atomic mass is 16.2. The number of amides is 2. The minimum Gasteiger partial charge on any atom is -0.338 e. The van der Waals surface area contributed by atoms with Crippen molar-refractivity contribution in [1.29, 1.82) is 5.26 Å². The van der Waals surface area contributed by atoms with Gasteiger partial charge < -0.3 is 15.5 Å². The Bertz CT molecular complexity index is 486. The van der Waals surface area contributed by atoms with Crippen molar-refractivity contribution < 1.29 is 4.79 Å². The number of benzene rings is 1. The van der Waals surface area contributed by atoms with Crippen LogP contribution in [0.25, 0.3) is 0 Å². The quantitative estimate of drug-likeness (QED) is 0.817. The van der Waals surface area contributed by atoms with Crippen molar-refractivity contribution in [3.8, 4) is 6.07 Å². The van der Waals surface area contributed by atoms with E-state index in [9.17, 15) is 4.79 Å². The topological polar surface area (TPSA) is 68.2 Å². The highest BCUT2D eigenvalue weighted by molar-refractivity contribution is 5.89. The summed E-state index contributed by atoms with van der Waals surface area (Å²) in [7, 11) is 0. The molecule has 21 heavy (non-hydrogen) atoms. The highest BCUT2D eigenvalue weighted by Crippen LogP contribution is 2.09. The number of likely N-dealkylation sites (tertiary alicyclic amines) is 1. The minimum absolute atomic E-state index is 0.196. The van der Waals surface area contributed by atoms with E-state index in [2.05, 4.69) is 15.5 Å². The minimum atomic E-state index is -0.196. The molecule has 0 bridgehead atoms. The summed E-state index contributed by atoms with van der Waals surface area (Å²) >= 11 is 0. The monoisotopic (exact) mass is 286 g/mol. The van der Waals surface area contributed by atoms with Crippen molar-refractivity contribution >= 4 is 11.7 Å². The Hall–Kier alpha value is -2.06. The fourth-order valence-corrected chi connectivity index (χ4v) is 2.49. The van der Waals surface area contributed by atoms with Gasteiger partial charge in [0.1, 0.15) is 0 Å². The molecule has 0 aromatic heterocycles. The van der Waals surface area contributed by atoms with Gasteiger partial charge in [-0.25, -0.2) is 4.79 Å². The van der Waals surface area contributed by atoms with E-state index in [0.29, 0.717) is 17.8 Å². The maximum atomic E-state index is 11.7. The van der Waals surface area contributed by atoms with Crippen molar-refractivity contribution in [2.24, 2.45) is 0 Å². The second kappa shape index (κ2) is 8.28. The van der Waals surface area contributed by atoms with E-state index in [1.54, 1.807) is 24.3 Å². The van der Waals surface area contributed by atoms with E-state index < -0.39 is 0 Å². The largest absolute Gasteiger partial charge is 0.338 e. The molecule has 1 heterocycles. The van der Waals surface area contributed by atoms with Gasteiger partial charge in [0, 0.05) is 12.2 Å². The van der Waals surface area contributed by atoms with E-state index in [4.69, 9.17) is 5.26 Å². The summed E-state index contributed by atoms with van der Waals surface area (Å²) in [5.74, 6) is 0. The molecule has 5 nitrogen and oxygen atoms in total. The zero-order chi connectivity index (χ0) is 14.9. The summed E-state index contributed by atoms with van der Waals surface area (Å²) in [6.07, 6.45) is 4.92. The summed E-state index contributed by atoms with van der Waals surface area (Å²) in [5, 5.41) is 14.3. The summed E-state index contributed by atoms with van der Waals surface area (Å²) in [6.45, 7) is 4.12. The maximum Gasteiger partial charge on any atom is 0.319 e. The molecule has 0 spiro atoms. The molecule has 1 saturated heterocycles. The van der Waals surface area contributed by atoms with Gasteiger partial charge in [-0.05, 0) is 63.2 Å². The molecule has 1 aromatic carbocycles. The molecule has 1 aliphatic heterocycles.